The zero-order valence-electron chi connectivity index (χ0n) is 10.0. The molecule has 0 spiro atoms. The third-order valence-electron chi connectivity index (χ3n) is 2.55. The Hall–Kier alpha value is -1.35. The van der Waals surface area contributed by atoms with Crippen LogP contribution in [-0.4, -0.2) is 11.0 Å². The molecule has 0 bridgehead atoms. The van der Waals surface area contributed by atoms with Gasteiger partial charge in [-0.25, -0.2) is 4.98 Å². The molecule has 0 amide bonds. The van der Waals surface area contributed by atoms with Gasteiger partial charge < -0.3 is 10.2 Å². The van der Waals surface area contributed by atoms with E-state index in [0.29, 0.717) is 5.92 Å². The molecule has 0 aliphatic heterocycles. The summed E-state index contributed by atoms with van der Waals surface area (Å²) >= 11 is 0. The molecule has 0 saturated heterocycles. The first-order valence-corrected chi connectivity index (χ1v) is 5.72. The summed E-state index contributed by atoms with van der Waals surface area (Å²) in [7, 11) is 0. The highest BCUT2D eigenvalue weighted by Gasteiger charge is 2.12. The van der Waals surface area contributed by atoms with Crippen molar-refractivity contribution in [1.29, 1.82) is 0 Å². The van der Waals surface area contributed by atoms with E-state index in [-0.39, 0.29) is 6.04 Å². The Kier molecular flexibility index (Phi) is 2.97. The monoisotopic (exact) mass is 218 g/mol. The van der Waals surface area contributed by atoms with Crippen molar-refractivity contribution in [2.45, 2.75) is 39.2 Å². The fourth-order valence-electron chi connectivity index (χ4n) is 1.78. The largest absolute Gasteiger partial charge is 0.440 e. The number of fused-ring (bicyclic) bond motifs is 1. The maximum absolute atomic E-state index is 5.82. The summed E-state index contributed by atoms with van der Waals surface area (Å²) < 4.78 is 5.79. The highest BCUT2D eigenvalue weighted by Crippen LogP contribution is 2.24. The second-order valence-corrected chi connectivity index (χ2v) is 4.65. The van der Waals surface area contributed by atoms with Gasteiger partial charge in [-0.15, -0.1) is 0 Å². The predicted molar refractivity (Wildman–Crippen MR) is 65.5 cm³/mol. The molecule has 1 unspecified atom stereocenters. The van der Waals surface area contributed by atoms with Crippen molar-refractivity contribution in [1.82, 2.24) is 4.98 Å². The maximum atomic E-state index is 5.82. The molecule has 1 heterocycles. The fraction of sp³-hybridized carbons (Fsp3) is 0.462. The summed E-state index contributed by atoms with van der Waals surface area (Å²) in [6, 6.07) is 6.18. The molecule has 0 aliphatic rings. The average molecular weight is 218 g/mol. The Balaban J connectivity index is 2.50. The highest BCUT2D eigenvalue weighted by atomic mass is 16.3. The van der Waals surface area contributed by atoms with Crippen molar-refractivity contribution in [3.05, 3.63) is 29.7 Å². The first-order valence-electron chi connectivity index (χ1n) is 5.72. The van der Waals surface area contributed by atoms with Crippen LogP contribution in [0.15, 0.2) is 22.6 Å². The maximum Gasteiger partial charge on any atom is 0.198 e. The fourth-order valence-corrected chi connectivity index (χ4v) is 1.78. The molecule has 2 N–H and O–H groups in total. The van der Waals surface area contributed by atoms with E-state index in [4.69, 9.17) is 10.2 Å². The van der Waals surface area contributed by atoms with Crippen LogP contribution in [0.5, 0.6) is 0 Å². The predicted octanol–water partition coefficient (Wildman–Crippen LogP) is 2.84. The first-order chi connectivity index (χ1) is 7.58. The SMILES string of the molecule is CC(N)Cc1cccc2nc(C(C)C)oc12. The molecule has 16 heavy (non-hydrogen) atoms. The average Bonchev–Trinajstić information content (AvgIpc) is 2.61. The number of aromatic nitrogens is 1. The number of rotatable bonds is 3. The summed E-state index contributed by atoms with van der Waals surface area (Å²) in [5, 5.41) is 0. The van der Waals surface area contributed by atoms with Crippen molar-refractivity contribution in [3.63, 3.8) is 0 Å². The summed E-state index contributed by atoms with van der Waals surface area (Å²) in [4.78, 5) is 4.47. The van der Waals surface area contributed by atoms with Crippen LogP contribution in [0.2, 0.25) is 0 Å². The van der Waals surface area contributed by atoms with Gasteiger partial charge in [0, 0.05) is 12.0 Å². The zero-order valence-corrected chi connectivity index (χ0v) is 10.0. The minimum absolute atomic E-state index is 0.137. The van der Waals surface area contributed by atoms with Crippen LogP contribution in [0.3, 0.4) is 0 Å². The molecule has 1 aromatic heterocycles. The smallest absolute Gasteiger partial charge is 0.198 e. The number of nitrogens with zero attached hydrogens (tertiary/aromatic N) is 1. The minimum Gasteiger partial charge on any atom is -0.440 e. The quantitative estimate of drug-likeness (QED) is 0.861. The number of benzene rings is 1. The summed E-state index contributed by atoms with van der Waals surface area (Å²) in [6.07, 6.45) is 0.823. The lowest BCUT2D eigenvalue weighted by Crippen LogP contribution is -2.17. The first kappa shape index (κ1) is 11.1. The van der Waals surface area contributed by atoms with E-state index >= 15 is 0 Å². The lowest BCUT2D eigenvalue weighted by atomic mass is 10.1. The molecule has 2 rings (SSSR count). The Bertz CT molecular complexity index is 486. The molecule has 1 atom stereocenters. The molecule has 2 aromatic rings. The Morgan fingerprint density at radius 1 is 1.31 bits per heavy atom. The Morgan fingerprint density at radius 3 is 2.69 bits per heavy atom. The van der Waals surface area contributed by atoms with Crippen molar-refractivity contribution < 1.29 is 4.42 Å². The molecular formula is C13H18N2O. The molecule has 3 heteroatoms. The van der Waals surface area contributed by atoms with E-state index in [1.165, 1.54) is 0 Å². The highest BCUT2D eigenvalue weighted by molar-refractivity contribution is 5.76. The number of hydrogen-bond acceptors (Lipinski definition) is 3. The second kappa shape index (κ2) is 4.26. The molecule has 0 radical (unpaired) electrons. The van der Waals surface area contributed by atoms with E-state index in [2.05, 4.69) is 24.9 Å². The second-order valence-electron chi connectivity index (χ2n) is 4.65. The minimum atomic E-state index is 0.137. The van der Waals surface area contributed by atoms with Crippen LogP contribution in [0.25, 0.3) is 11.1 Å². The normalized spacial score (nSPS) is 13.6. The van der Waals surface area contributed by atoms with Gasteiger partial charge in [0.15, 0.2) is 11.5 Å². The van der Waals surface area contributed by atoms with Crippen molar-refractivity contribution in [2.75, 3.05) is 0 Å². The van der Waals surface area contributed by atoms with E-state index < -0.39 is 0 Å². The zero-order chi connectivity index (χ0) is 11.7. The summed E-state index contributed by atoms with van der Waals surface area (Å²) in [5.41, 5.74) is 8.79. The topological polar surface area (TPSA) is 52.0 Å². The standard InChI is InChI=1S/C13H18N2O/c1-8(2)13-15-11-6-4-5-10(7-9(3)14)12(11)16-13/h4-6,8-9H,7,14H2,1-3H3. The Labute approximate surface area is 95.7 Å². The van der Waals surface area contributed by atoms with Gasteiger partial charge in [0.1, 0.15) is 5.52 Å². The van der Waals surface area contributed by atoms with Gasteiger partial charge in [0.25, 0.3) is 0 Å². The molecular weight excluding hydrogens is 200 g/mol. The number of oxazole rings is 1. The van der Waals surface area contributed by atoms with Gasteiger partial charge in [-0.05, 0) is 25.0 Å². The van der Waals surface area contributed by atoms with Gasteiger partial charge in [-0.2, -0.15) is 0 Å². The van der Waals surface area contributed by atoms with Gasteiger partial charge in [0.2, 0.25) is 0 Å². The van der Waals surface area contributed by atoms with Gasteiger partial charge in [-0.3, -0.25) is 0 Å². The van der Waals surface area contributed by atoms with Gasteiger partial charge >= 0.3 is 0 Å². The van der Waals surface area contributed by atoms with Crippen LogP contribution in [0.4, 0.5) is 0 Å². The van der Waals surface area contributed by atoms with Crippen LogP contribution in [0, 0.1) is 0 Å². The molecule has 86 valence electrons. The van der Waals surface area contributed by atoms with Crippen molar-refractivity contribution in [2.24, 2.45) is 5.73 Å². The van der Waals surface area contributed by atoms with E-state index in [0.717, 1.165) is 29.0 Å². The van der Waals surface area contributed by atoms with Gasteiger partial charge in [-0.1, -0.05) is 26.0 Å². The number of para-hydroxylation sites is 1. The lowest BCUT2D eigenvalue weighted by Gasteiger charge is -2.04. The molecule has 3 nitrogen and oxygen atoms in total. The lowest BCUT2D eigenvalue weighted by molar-refractivity contribution is 0.498. The third kappa shape index (κ3) is 2.09. The third-order valence-corrected chi connectivity index (χ3v) is 2.55. The molecule has 1 aromatic carbocycles. The van der Waals surface area contributed by atoms with Crippen LogP contribution < -0.4 is 5.73 Å². The summed E-state index contributed by atoms with van der Waals surface area (Å²) in [5.74, 6) is 1.11. The van der Waals surface area contributed by atoms with Crippen LogP contribution in [-0.2, 0) is 6.42 Å². The van der Waals surface area contributed by atoms with Gasteiger partial charge in [0.05, 0.1) is 0 Å². The van der Waals surface area contributed by atoms with Crippen molar-refractivity contribution in [3.8, 4) is 0 Å². The Morgan fingerprint density at radius 2 is 2.06 bits per heavy atom. The molecule has 0 fully saturated rings. The van der Waals surface area contributed by atoms with Crippen LogP contribution >= 0.6 is 0 Å². The number of hydrogen-bond donors (Lipinski definition) is 1. The van der Waals surface area contributed by atoms with Crippen molar-refractivity contribution >= 4 is 11.1 Å². The summed E-state index contributed by atoms with van der Waals surface area (Å²) in [6.45, 7) is 6.16. The molecule has 0 aliphatic carbocycles. The van der Waals surface area contributed by atoms with E-state index in [1.807, 2.05) is 19.1 Å². The van der Waals surface area contributed by atoms with E-state index in [1.54, 1.807) is 0 Å². The van der Waals surface area contributed by atoms with E-state index in [9.17, 15) is 0 Å². The number of nitrogens with two attached hydrogens (primary N) is 1. The molecule has 0 saturated carbocycles. The van der Waals surface area contributed by atoms with Crippen LogP contribution in [0.1, 0.15) is 38.1 Å².